The van der Waals surface area contributed by atoms with E-state index in [2.05, 4.69) is 5.32 Å². The summed E-state index contributed by atoms with van der Waals surface area (Å²) in [7, 11) is 0. The minimum absolute atomic E-state index is 0.274. The number of anilines is 3. The Hall–Kier alpha value is -2.20. The third kappa shape index (κ3) is 2.98. The van der Waals surface area contributed by atoms with Crippen LogP contribution in [-0.2, 0) is 0 Å². The van der Waals surface area contributed by atoms with Crippen LogP contribution in [0.25, 0.3) is 0 Å². The van der Waals surface area contributed by atoms with Crippen LogP contribution in [0.15, 0.2) is 36.4 Å². The van der Waals surface area contributed by atoms with Crippen LogP contribution in [0.2, 0.25) is 5.02 Å². The Morgan fingerprint density at radius 3 is 2.42 bits per heavy atom. The van der Waals surface area contributed by atoms with Gasteiger partial charge in [-0.25, -0.2) is 0 Å². The van der Waals surface area contributed by atoms with Gasteiger partial charge in [-0.15, -0.1) is 0 Å². The van der Waals surface area contributed by atoms with E-state index in [1.165, 1.54) is 0 Å². The molecule has 0 fully saturated rings. The Morgan fingerprint density at radius 1 is 1.16 bits per heavy atom. The van der Waals surface area contributed by atoms with Crippen molar-refractivity contribution in [3.63, 3.8) is 0 Å². The Balaban J connectivity index is 2.28. The maximum absolute atomic E-state index is 12.1. The lowest BCUT2D eigenvalue weighted by Crippen LogP contribution is -2.13. The number of hydrogen-bond donors (Lipinski definition) is 3. The maximum Gasteiger partial charge on any atom is 0.255 e. The second-order valence-corrected chi connectivity index (χ2v) is 4.66. The van der Waals surface area contributed by atoms with Crippen molar-refractivity contribution in [3.05, 3.63) is 52.5 Å². The molecule has 0 saturated carbocycles. The Bertz CT molecular complexity index is 620. The van der Waals surface area contributed by atoms with Crippen LogP contribution in [0.3, 0.4) is 0 Å². The Kier molecular flexibility index (Phi) is 3.62. The first-order valence-electron chi connectivity index (χ1n) is 5.70. The minimum atomic E-state index is -0.274. The molecule has 0 aromatic heterocycles. The SMILES string of the molecule is Cc1c(Cl)cccc1NC(=O)c1cc(N)cc(N)c1. The summed E-state index contributed by atoms with van der Waals surface area (Å²) in [6.45, 7) is 1.84. The van der Waals surface area contributed by atoms with Gasteiger partial charge < -0.3 is 16.8 Å². The summed E-state index contributed by atoms with van der Waals surface area (Å²) in [5.41, 5.74) is 14.1. The van der Waals surface area contributed by atoms with Crippen LogP contribution in [-0.4, -0.2) is 5.91 Å². The number of amides is 1. The van der Waals surface area contributed by atoms with E-state index in [9.17, 15) is 4.79 Å². The first kappa shape index (κ1) is 13.2. The number of benzene rings is 2. The fourth-order valence-electron chi connectivity index (χ4n) is 1.75. The second-order valence-electron chi connectivity index (χ2n) is 4.25. The molecule has 2 aromatic rings. The van der Waals surface area contributed by atoms with E-state index in [1.807, 2.05) is 6.92 Å². The van der Waals surface area contributed by atoms with Crippen LogP contribution in [0.4, 0.5) is 17.1 Å². The predicted molar refractivity (Wildman–Crippen MR) is 79.4 cm³/mol. The van der Waals surface area contributed by atoms with Gasteiger partial charge in [-0.2, -0.15) is 0 Å². The van der Waals surface area contributed by atoms with Crippen LogP contribution >= 0.6 is 11.6 Å². The largest absolute Gasteiger partial charge is 0.399 e. The molecule has 0 aliphatic rings. The normalized spacial score (nSPS) is 10.2. The number of nitrogens with two attached hydrogens (primary N) is 2. The molecule has 0 heterocycles. The molecule has 0 bridgehead atoms. The summed E-state index contributed by atoms with van der Waals surface area (Å²) in [6.07, 6.45) is 0. The molecule has 0 unspecified atom stereocenters. The number of carbonyl (C=O) groups is 1. The number of hydrogen-bond acceptors (Lipinski definition) is 3. The molecule has 0 saturated heterocycles. The Morgan fingerprint density at radius 2 is 1.79 bits per heavy atom. The molecular weight excluding hydrogens is 262 g/mol. The zero-order chi connectivity index (χ0) is 14.0. The van der Waals surface area contributed by atoms with Crippen molar-refractivity contribution in [2.24, 2.45) is 0 Å². The van der Waals surface area contributed by atoms with Gasteiger partial charge in [0.2, 0.25) is 0 Å². The van der Waals surface area contributed by atoms with Crippen molar-refractivity contribution >= 4 is 34.6 Å². The summed E-state index contributed by atoms with van der Waals surface area (Å²) in [4.78, 5) is 12.1. The van der Waals surface area contributed by atoms with Gasteiger partial charge >= 0.3 is 0 Å². The fourth-order valence-corrected chi connectivity index (χ4v) is 1.92. The van der Waals surface area contributed by atoms with E-state index >= 15 is 0 Å². The van der Waals surface area contributed by atoms with Crippen molar-refractivity contribution in [1.29, 1.82) is 0 Å². The quantitative estimate of drug-likeness (QED) is 0.737. The third-order valence-electron chi connectivity index (χ3n) is 2.76. The molecule has 1 amide bonds. The minimum Gasteiger partial charge on any atom is -0.399 e. The predicted octanol–water partition coefficient (Wildman–Crippen LogP) is 3.07. The lowest BCUT2D eigenvalue weighted by atomic mass is 10.1. The fraction of sp³-hybridized carbons (Fsp3) is 0.0714. The van der Waals surface area contributed by atoms with Gasteiger partial charge in [0.05, 0.1) is 0 Å². The van der Waals surface area contributed by atoms with Crippen LogP contribution in [0, 0.1) is 6.92 Å². The highest BCUT2D eigenvalue weighted by molar-refractivity contribution is 6.31. The molecule has 5 N–H and O–H groups in total. The average molecular weight is 276 g/mol. The highest BCUT2D eigenvalue weighted by Gasteiger charge is 2.10. The van der Waals surface area contributed by atoms with Gasteiger partial charge in [0.15, 0.2) is 0 Å². The van der Waals surface area contributed by atoms with Gasteiger partial charge in [-0.1, -0.05) is 17.7 Å². The molecule has 0 radical (unpaired) electrons. The molecule has 98 valence electrons. The van der Waals surface area contributed by atoms with E-state index < -0.39 is 0 Å². The van der Waals surface area contributed by atoms with E-state index in [0.29, 0.717) is 27.6 Å². The summed E-state index contributed by atoms with van der Waals surface area (Å²) in [5.74, 6) is -0.274. The smallest absolute Gasteiger partial charge is 0.255 e. The van der Waals surface area contributed by atoms with E-state index in [-0.39, 0.29) is 5.91 Å². The van der Waals surface area contributed by atoms with Crippen LogP contribution in [0.5, 0.6) is 0 Å². The van der Waals surface area contributed by atoms with Gasteiger partial charge in [0.1, 0.15) is 0 Å². The number of nitrogens with one attached hydrogen (secondary N) is 1. The van der Waals surface area contributed by atoms with Gasteiger partial charge in [0, 0.05) is 27.6 Å². The molecule has 2 rings (SSSR count). The number of carbonyl (C=O) groups excluding carboxylic acids is 1. The number of rotatable bonds is 2. The first-order chi connectivity index (χ1) is 8.97. The van der Waals surface area contributed by atoms with Crippen LogP contribution < -0.4 is 16.8 Å². The lowest BCUT2D eigenvalue weighted by molar-refractivity contribution is 0.102. The van der Waals surface area contributed by atoms with Crippen molar-refractivity contribution in [3.8, 4) is 0 Å². The topological polar surface area (TPSA) is 81.1 Å². The molecule has 0 spiro atoms. The molecule has 5 heteroatoms. The maximum atomic E-state index is 12.1. The summed E-state index contributed by atoms with van der Waals surface area (Å²) in [6, 6.07) is 10.1. The zero-order valence-electron chi connectivity index (χ0n) is 10.4. The lowest BCUT2D eigenvalue weighted by Gasteiger charge is -2.10. The Labute approximate surface area is 116 Å². The van der Waals surface area contributed by atoms with Gasteiger partial charge in [-0.3, -0.25) is 4.79 Å². The van der Waals surface area contributed by atoms with Gasteiger partial charge in [-0.05, 0) is 42.8 Å². The van der Waals surface area contributed by atoms with Crippen molar-refractivity contribution in [2.45, 2.75) is 6.92 Å². The number of nitrogen functional groups attached to an aromatic ring is 2. The number of halogens is 1. The standard InChI is InChI=1S/C14H14ClN3O/c1-8-12(15)3-2-4-13(8)18-14(19)9-5-10(16)7-11(17)6-9/h2-7H,16-17H2,1H3,(H,18,19). The highest BCUT2D eigenvalue weighted by Crippen LogP contribution is 2.24. The first-order valence-corrected chi connectivity index (χ1v) is 6.07. The molecule has 4 nitrogen and oxygen atoms in total. The molecular formula is C14H14ClN3O. The molecule has 0 atom stereocenters. The van der Waals surface area contributed by atoms with E-state index in [1.54, 1.807) is 36.4 Å². The molecule has 0 aliphatic carbocycles. The van der Waals surface area contributed by atoms with Crippen LogP contribution in [0.1, 0.15) is 15.9 Å². The summed E-state index contributed by atoms with van der Waals surface area (Å²) in [5, 5.41) is 3.39. The van der Waals surface area contributed by atoms with Crippen molar-refractivity contribution in [2.75, 3.05) is 16.8 Å². The molecule has 2 aromatic carbocycles. The highest BCUT2D eigenvalue weighted by atomic mass is 35.5. The van der Waals surface area contributed by atoms with Gasteiger partial charge in [0.25, 0.3) is 5.91 Å². The summed E-state index contributed by atoms with van der Waals surface area (Å²) >= 11 is 6.00. The van der Waals surface area contributed by atoms with E-state index in [0.717, 1.165) is 5.56 Å². The second kappa shape index (κ2) is 5.20. The molecule has 0 aliphatic heterocycles. The van der Waals surface area contributed by atoms with Crippen molar-refractivity contribution in [1.82, 2.24) is 0 Å². The monoisotopic (exact) mass is 275 g/mol. The van der Waals surface area contributed by atoms with Crippen molar-refractivity contribution < 1.29 is 4.79 Å². The average Bonchev–Trinajstić information content (AvgIpc) is 2.33. The third-order valence-corrected chi connectivity index (χ3v) is 3.17. The zero-order valence-corrected chi connectivity index (χ0v) is 11.2. The molecule has 19 heavy (non-hydrogen) atoms. The summed E-state index contributed by atoms with van der Waals surface area (Å²) < 4.78 is 0. The van der Waals surface area contributed by atoms with E-state index in [4.69, 9.17) is 23.1 Å².